The molecule has 1 atom stereocenters. The second kappa shape index (κ2) is 12.3. The van der Waals surface area contributed by atoms with Gasteiger partial charge in [-0.25, -0.2) is 9.55 Å². The van der Waals surface area contributed by atoms with Crippen molar-refractivity contribution in [3.8, 4) is 11.4 Å². The van der Waals surface area contributed by atoms with E-state index in [4.69, 9.17) is 32.9 Å². The maximum Gasteiger partial charge on any atom is 0.263 e. The fourth-order valence-corrected chi connectivity index (χ4v) is 5.20. The first kappa shape index (κ1) is 29.2. The number of nitrogens with one attached hydrogen (secondary N) is 2. The van der Waals surface area contributed by atoms with Crippen LogP contribution in [0.25, 0.3) is 5.69 Å². The number of aromatic nitrogens is 2. The van der Waals surface area contributed by atoms with Gasteiger partial charge in [-0.15, -0.1) is 0 Å². The Morgan fingerprint density at radius 3 is 2.43 bits per heavy atom. The minimum Gasteiger partial charge on any atom is -0.497 e. The first-order valence-corrected chi connectivity index (χ1v) is 14.1. The Bertz CT molecular complexity index is 1720. The molecule has 0 bridgehead atoms. The highest BCUT2D eigenvalue weighted by Gasteiger charge is 2.28. The predicted octanol–water partition coefficient (Wildman–Crippen LogP) is 5.28. The largest absolute Gasteiger partial charge is 0.497 e. The summed E-state index contributed by atoms with van der Waals surface area (Å²) in [6.45, 7) is 2.45. The lowest BCUT2D eigenvalue weighted by atomic mass is 10.0. The molecule has 0 spiro atoms. The van der Waals surface area contributed by atoms with Gasteiger partial charge < -0.3 is 20.3 Å². The fraction of sp³-hybridized carbons (Fsp3) is 0.226. The molecule has 0 saturated heterocycles. The van der Waals surface area contributed by atoms with Crippen LogP contribution >= 0.6 is 23.2 Å². The number of nitrogens with zero attached hydrogens (tertiary/aromatic N) is 3. The van der Waals surface area contributed by atoms with Crippen LogP contribution in [0.1, 0.15) is 50.5 Å². The van der Waals surface area contributed by atoms with Crippen molar-refractivity contribution in [2.75, 3.05) is 26.0 Å². The highest BCUT2D eigenvalue weighted by Crippen LogP contribution is 2.27. The zero-order valence-corrected chi connectivity index (χ0v) is 24.8. The first-order valence-electron chi connectivity index (χ1n) is 13.3. The minimum atomic E-state index is -0.251. The molecule has 216 valence electrons. The molecule has 1 aliphatic heterocycles. The summed E-state index contributed by atoms with van der Waals surface area (Å²) in [7, 11) is 3.17. The van der Waals surface area contributed by atoms with E-state index in [-0.39, 0.29) is 30.0 Å². The molecule has 11 heteroatoms. The number of anilines is 1. The molecule has 1 aromatic heterocycles. The molecule has 1 unspecified atom stereocenters. The molecule has 1 aliphatic rings. The Hall–Kier alpha value is -4.34. The Labute approximate surface area is 253 Å². The summed E-state index contributed by atoms with van der Waals surface area (Å²) < 4.78 is 6.90. The number of hydrogen-bond donors (Lipinski definition) is 2. The maximum atomic E-state index is 14.0. The zero-order chi connectivity index (χ0) is 30.0. The number of carbonyl (C=O) groups is 2. The summed E-state index contributed by atoms with van der Waals surface area (Å²) in [6.07, 6.45) is 0.330. The van der Waals surface area contributed by atoms with Gasteiger partial charge in [-0.05, 0) is 73.5 Å². The second-order valence-electron chi connectivity index (χ2n) is 9.88. The SMILES string of the molecule is CNC(=O)c1ccc(-n2c(NC(C)c3cccc(OC)c3)nc3c(c2=O)CCN(C(=O)c2ccc(Cl)c(Cl)c2)C3)cc1. The number of ether oxygens (including phenoxy) is 1. The van der Waals surface area contributed by atoms with Crippen molar-refractivity contribution < 1.29 is 14.3 Å². The second-order valence-corrected chi connectivity index (χ2v) is 10.7. The Morgan fingerprint density at radius 2 is 1.74 bits per heavy atom. The molecule has 2 amide bonds. The molecular formula is C31H29Cl2N5O4. The van der Waals surface area contributed by atoms with E-state index in [1.807, 2.05) is 31.2 Å². The van der Waals surface area contributed by atoms with Crippen molar-refractivity contribution in [3.05, 3.63) is 115 Å². The van der Waals surface area contributed by atoms with E-state index in [9.17, 15) is 14.4 Å². The highest BCUT2D eigenvalue weighted by molar-refractivity contribution is 6.42. The number of benzene rings is 3. The standard InChI is InChI=1S/C31H29Cl2N5O4/c1-18(20-5-4-6-23(15-20)42-3)35-31-36-27-17-37(29(40)21-9-12-25(32)26(33)16-21)14-13-24(27)30(41)38(31)22-10-7-19(8-11-22)28(39)34-2/h4-12,15-16,18H,13-14,17H2,1-3H3,(H,34,39)(H,35,36). The van der Waals surface area contributed by atoms with E-state index >= 15 is 0 Å². The van der Waals surface area contributed by atoms with E-state index < -0.39 is 0 Å². The molecule has 9 nitrogen and oxygen atoms in total. The lowest BCUT2D eigenvalue weighted by Gasteiger charge is -2.29. The summed E-state index contributed by atoms with van der Waals surface area (Å²) in [6, 6.07) is 18.9. The normalized spacial score (nSPS) is 13.2. The van der Waals surface area contributed by atoms with Crippen LogP contribution in [0.2, 0.25) is 10.0 Å². The van der Waals surface area contributed by atoms with Crippen LogP contribution in [-0.4, -0.2) is 47.0 Å². The molecule has 0 radical (unpaired) electrons. The monoisotopic (exact) mass is 605 g/mol. The van der Waals surface area contributed by atoms with Crippen LogP contribution in [0, 0.1) is 0 Å². The van der Waals surface area contributed by atoms with Crippen molar-refractivity contribution in [1.82, 2.24) is 19.8 Å². The van der Waals surface area contributed by atoms with Crippen molar-refractivity contribution in [2.45, 2.75) is 25.9 Å². The van der Waals surface area contributed by atoms with Crippen LogP contribution in [0.5, 0.6) is 5.75 Å². The van der Waals surface area contributed by atoms with Crippen LogP contribution in [0.15, 0.2) is 71.5 Å². The molecule has 2 heterocycles. The van der Waals surface area contributed by atoms with Gasteiger partial charge >= 0.3 is 0 Å². The molecule has 5 rings (SSSR count). The van der Waals surface area contributed by atoms with E-state index in [2.05, 4.69) is 10.6 Å². The molecule has 0 fully saturated rings. The third-order valence-electron chi connectivity index (χ3n) is 7.24. The maximum absolute atomic E-state index is 14.0. The van der Waals surface area contributed by atoms with E-state index in [1.165, 1.54) is 4.57 Å². The Balaban J connectivity index is 1.55. The van der Waals surface area contributed by atoms with Gasteiger partial charge in [-0.2, -0.15) is 0 Å². The molecule has 42 heavy (non-hydrogen) atoms. The van der Waals surface area contributed by atoms with Crippen molar-refractivity contribution in [1.29, 1.82) is 0 Å². The smallest absolute Gasteiger partial charge is 0.263 e. The summed E-state index contributed by atoms with van der Waals surface area (Å²) in [5.41, 5.74) is 3.16. The van der Waals surface area contributed by atoms with Gasteiger partial charge in [0, 0.05) is 30.3 Å². The third kappa shape index (κ3) is 5.84. The van der Waals surface area contributed by atoms with Crippen LogP contribution < -0.4 is 20.9 Å². The van der Waals surface area contributed by atoms with E-state index in [1.54, 1.807) is 61.5 Å². The molecule has 2 N–H and O–H groups in total. The lowest BCUT2D eigenvalue weighted by molar-refractivity contribution is 0.0731. The summed E-state index contributed by atoms with van der Waals surface area (Å²) >= 11 is 12.2. The van der Waals surface area contributed by atoms with E-state index in [0.717, 1.165) is 5.56 Å². The number of fused-ring (bicyclic) bond motifs is 1. The summed E-state index contributed by atoms with van der Waals surface area (Å²) in [5.74, 6) is 0.562. The number of methoxy groups -OCH3 is 1. The lowest BCUT2D eigenvalue weighted by Crippen LogP contribution is -2.41. The van der Waals surface area contributed by atoms with Crippen molar-refractivity contribution in [3.63, 3.8) is 0 Å². The number of amides is 2. The average Bonchev–Trinajstić information content (AvgIpc) is 3.01. The molecule has 0 aliphatic carbocycles. The topological polar surface area (TPSA) is 106 Å². The number of hydrogen-bond acceptors (Lipinski definition) is 6. The fourth-order valence-electron chi connectivity index (χ4n) is 4.90. The van der Waals surface area contributed by atoms with Gasteiger partial charge in [0.2, 0.25) is 5.95 Å². The third-order valence-corrected chi connectivity index (χ3v) is 7.98. The molecule has 0 saturated carbocycles. The highest BCUT2D eigenvalue weighted by atomic mass is 35.5. The zero-order valence-electron chi connectivity index (χ0n) is 23.3. The Kier molecular flexibility index (Phi) is 8.51. The van der Waals surface area contributed by atoms with E-state index in [0.29, 0.717) is 62.8 Å². The van der Waals surface area contributed by atoms with Crippen LogP contribution in [0.4, 0.5) is 5.95 Å². The molecular weight excluding hydrogens is 577 g/mol. The predicted molar refractivity (Wildman–Crippen MR) is 163 cm³/mol. The van der Waals surface area contributed by atoms with Gasteiger partial charge in [0.05, 0.1) is 41.1 Å². The van der Waals surface area contributed by atoms with Crippen LogP contribution in [-0.2, 0) is 13.0 Å². The van der Waals surface area contributed by atoms with Gasteiger partial charge in [0.1, 0.15) is 5.75 Å². The quantitative estimate of drug-likeness (QED) is 0.297. The van der Waals surface area contributed by atoms with Crippen LogP contribution in [0.3, 0.4) is 0 Å². The summed E-state index contributed by atoms with van der Waals surface area (Å²) in [5, 5.41) is 6.64. The summed E-state index contributed by atoms with van der Waals surface area (Å²) in [4.78, 5) is 46.0. The van der Waals surface area contributed by atoms with Gasteiger partial charge in [0.25, 0.3) is 17.4 Å². The first-order chi connectivity index (χ1) is 20.2. The molecule has 3 aromatic carbocycles. The number of rotatable bonds is 7. The average molecular weight is 607 g/mol. The number of carbonyl (C=O) groups excluding carboxylic acids is 2. The van der Waals surface area contributed by atoms with Gasteiger partial charge in [-0.1, -0.05) is 35.3 Å². The molecule has 4 aromatic rings. The van der Waals surface area contributed by atoms with Gasteiger partial charge in [0.15, 0.2) is 0 Å². The van der Waals surface area contributed by atoms with Crippen molar-refractivity contribution in [2.24, 2.45) is 0 Å². The Morgan fingerprint density at radius 1 is 1.00 bits per heavy atom. The van der Waals surface area contributed by atoms with Crippen molar-refractivity contribution >= 4 is 41.0 Å². The minimum absolute atomic E-state index is 0.155. The van der Waals surface area contributed by atoms with Gasteiger partial charge in [-0.3, -0.25) is 14.4 Å². The number of halogens is 2.